The Morgan fingerprint density at radius 1 is 1.00 bits per heavy atom. The molecule has 0 unspecified atom stereocenters. The molecule has 122 valence electrons. The summed E-state index contributed by atoms with van der Waals surface area (Å²) in [6, 6.07) is 10.7. The highest BCUT2D eigenvalue weighted by molar-refractivity contribution is 8.26. The number of hydrogen-bond acceptors (Lipinski definition) is 4. The molecular formula is C19H23NOS2. The minimum Gasteiger partial charge on any atom is -0.347 e. The lowest BCUT2D eigenvalue weighted by molar-refractivity contribution is -0.0124. The number of rotatable bonds is 1. The fourth-order valence-electron chi connectivity index (χ4n) is 4.62. The first-order chi connectivity index (χ1) is 11.3. The highest BCUT2D eigenvalue weighted by atomic mass is 32.2. The Morgan fingerprint density at radius 3 is 2.57 bits per heavy atom. The van der Waals surface area contributed by atoms with Gasteiger partial charge in [0.2, 0.25) is 0 Å². The van der Waals surface area contributed by atoms with Crippen molar-refractivity contribution in [3.8, 4) is 0 Å². The second-order valence-corrected chi connectivity index (χ2v) is 10.1. The first kappa shape index (κ1) is 14.9. The minimum absolute atomic E-state index is 0.0187. The van der Waals surface area contributed by atoms with E-state index in [2.05, 4.69) is 42.1 Å². The van der Waals surface area contributed by atoms with E-state index in [0.717, 1.165) is 0 Å². The molecule has 2 spiro atoms. The van der Waals surface area contributed by atoms with E-state index in [1.807, 2.05) is 11.8 Å². The van der Waals surface area contributed by atoms with Crippen LogP contribution in [-0.4, -0.2) is 26.2 Å². The Morgan fingerprint density at radius 2 is 1.78 bits per heavy atom. The van der Waals surface area contributed by atoms with Gasteiger partial charge in [-0.15, -0.1) is 11.8 Å². The normalized spacial score (nSPS) is 38.2. The van der Waals surface area contributed by atoms with Gasteiger partial charge in [-0.2, -0.15) is 0 Å². The maximum absolute atomic E-state index is 6.81. The highest BCUT2D eigenvalue weighted by Gasteiger charge is 2.65. The molecule has 1 aromatic rings. The molecule has 0 aromatic heterocycles. The Hall–Kier alpha value is -0.450. The van der Waals surface area contributed by atoms with Crippen LogP contribution in [-0.2, 0) is 4.74 Å². The second-order valence-electron chi connectivity index (χ2n) is 7.28. The van der Waals surface area contributed by atoms with Crippen LogP contribution in [0.3, 0.4) is 0 Å². The van der Waals surface area contributed by atoms with Crippen LogP contribution in [0.5, 0.6) is 0 Å². The van der Waals surface area contributed by atoms with Crippen molar-refractivity contribution in [1.29, 1.82) is 0 Å². The fourth-order valence-corrected chi connectivity index (χ4v) is 8.43. The maximum Gasteiger partial charge on any atom is 0.192 e. The number of benzene rings is 1. The molecule has 4 heteroatoms. The van der Waals surface area contributed by atoms with E-state index < -0.39 is 0 Å². The fraction of sp³-hybridized carbons (Fsp3) is 0.632. The summed E-state index contributed by atoms with van der Waals surface area (Å²) in [5, 5.41) is 1.90. The summed E-state index contributed by atoms with van der Waals surface area (Å²) < 4.78 is 6.67. The van der Waals surface area contributed by atoms with Crippen molar-refractivity contribution in [3.05, 3.63) is 35.9 Å². The molecule has 3 fully saturated rings. The van der Waals surface area contributed by atoms with Crippen LogP contribution >= 0.6 is 23.5 Å². The van der Waals surface area contributed by atoms with Crippen molar-refractivity contribution < 1.29 is 4.74 Å². The SMILES string of the molecule is c1ccc(C2=NC3(CCCC3)[C@@]3(O[C@H]4CCCC[C@@H]4S3)S2)cc1. The van der Waals surface area contributed by atoms with E-state index in [0.29, 0.717) is 11.4 Å². The number of ether oxygens (including phenoxy) is 1. The third-order valence-electron chi connectivity index (χ3n) is 5.82. The van der Waals surface area contributed by atoms with Gasteiger partial charge >= 0.3 is 0 Å². The molecule has 4 aliphatic rings. The number of fused-ring (bicyclic) bond motifs is 2. The quantitative estimate of drug-likeness (QED) is 0.696. The van der Waals surface area contributed by atoms with Crippen molar-refractivity contribution in [2.45, 2.75) is 72.5 Å². The van der Waals surface area contributed by atoms with Crippen LogP contribution in [0, 0.1) is 0 Å². The second kappa shape index (κ2) is 5.53. The summed E-state index contributed by atoms with van der Waals surface area (Å²) in [5.41, 5.74) is 1.28. The van der Waals surface area contributed by atoms with Gasteiger partial charge in [-0.1, -0.05) is 67.8 Å². The third-order valence-corrected chi connectivity index (χ3v) is 9.26. The van der Waals surface area contributed by atoms with E-state index in [1.54, 1.807) is 0 Å². The zero-order chi connectivity index (χ0) is 15.3. The number of aliphatic imine (C=N–C) groups is 1. The van der Waals surface area contributed by atoms with Gasteiger partial charge in [0, 0.05) is 10.8 Å². The first-order valence-corrected chi connectivity index (χ1v) is 10.7. The minimum atomic E-state index is -0.144. The summed E-state index contributed by atoms with van der Waals surface area (Å²) in [4.78, 5) is 5.32. The summed E-state index contributed by atoms with van der Waals surface area (Å²) in [7, 11) is 0. The molecule has 2 aliphatic carbocycles. The standard InChI is InChI=1S/C19H23NOS2/c1-2-8-14(9-3-1)17-20-18(12-6-7-13-18)19(23-17)21-15-10-4-5-11-16(15)22-19/h1-3,8-9,15-16H,4-7,10-13H2/t15-,16-,19-/m0/s1. The smallest absolute Gasteiger partial charge is 0.192 e. The predicted octanol–water partition coefficient (Wildman–Crippen LogP) is 5.22. The van der Waals surface area contributed by atoms with Crippen LogP contribution in [0.15, 0.2) is 35.3 Å². The van der Waals surface area contributed by atoms with E-state index >= 15 is 0 Å². The molecule has 0 radical (unpaired) electrons. The zero-order valence-electron chi connectivity index (χ0n) is 13.4. The molecule has 0 bridgehead atoms. The van der Waals surface area contributed by atoms with Crippen molar-refractivity contribution in [1.82, 2.24) is 0 Å². The topological polar surface area (TPSA) is 21.6 Å². The Labute approximate surface area is 146 Å². The van der Waals surface area contributed by atoms with Crippen LogP contribution < -0.4 is 0 Å². The number of nitrogens with zero attached hydrogens (tertiary/aromatic N) is 1. The molecule has 0 N–H and O–H groups in total. The van der Waals surface area contributed by atoms with Gasteiger partial charge in [0.05, 0.1) is 6.10 Å². The molecule has 0 amide bonds. The van der Waals surface area contributed by atoms with E-state index in [9.17, 15) is 0 Å². The van der Waals surface area contributed by atoms with Crippen molar-refractivity contribution >= 4 is 28.6 Å². The monoisotopic (exact) mass is 345 g/mol. The maximum atomic E-state index is 6.81. The Kier molecular flexibility index (Phi) is 3.57. The summed E-state index contributed by atoms with van der Waals surface area (Å²) in [6.45, 7) is 0. The summed E-state index contributed by atoms with van der Waals surface area (Å²) in [5.74, 6) is 0. The third kappa shape index (κ3) is 2.25. The average molecular weight is 346 g/mol. The average Bonchev–Trinajstić information content (AvgIpc) is 3.28. The molecule has 2 nitrogen and oxygen atoms in total. The lowest BCUT2D eigenvalue weighted by Crippen LogP contribution is -2.43. The molecular weight excluding hydrogens is 322 g/mol. The predicted molar refractivity (Wildman–Crippen MR) is 99.2 cm³/mol. The molecule has 2 saturated carbocycles. The Bertz CT molecular complexity index is 610. The molecule has 3 atom stereocenters. The first-order valence-electron chi connectivity index (χ1n) is 9.00. The highest BCUT2D eigenvalue weighted by Crippen LogP contribution is 2.66. The van der Waals surface area contributed by atoms with Crippen molar-refractivity contribution in [2.24, 2.45) is 4.99 Å². The molecule has 2 aliphatic heterocycles. The van der Waals surface area contributed by atoms with Crippen molar-refractivity contribution in [2.75, 3.05) is 0 Å². The van der Waals surface area contributed by atoms with Crippen LogP contribution in [0.4, 0.5) is 0 Å². The van der Waals surface area contributed by atoms with Crippen LogP contribution in [0.1, 0.15) is 56.9 Å². The van der Waals surface area contributed by atoms with Gasteiger partial charge in [0.15, 0.2) is 4.27 Å². The van der Waals surface area contributed by atoms with Gasteiger partial charge < -0.3 is 4.74 Å². The largest absolute Gasteiger partial charge is 0.347 e. The van der Waals surface area contributed by atoms with Gasteiger partial charge in [-0.05, 0) is 25.7 Å². The van der Waals surface area contributed by atoms with Crippen molar-refractivity contribution in [3.63, 3.8) is 0 Å². The van der Waals surface area contributed by atoms with Crippen LogP contribution in [0.25, 0.3) is 0 Å². The molecule has 1 saturated heterocycles. The Balaban J connectivity index is 1.53. The molecule has 2 heterocycles. The lowest BCUT2D eigenvalue weighted by Gasteiger charge is -2.36. The zero-order valence-corrected chi connectivity index (χ0v) is 15.0. The summed E-state index contributed by atoms with van der Waals surface area (Å²) in [6.07, 6.45) is 10.7. The van der Waals surface area contributed by atoms with Gasteiger partial charge in [0.1, 0.15) is 10.6 Å². The number of hydrogen-bond donors (Lipinski definition) is 0. The van der Waals surface area contributed by atoms with E-state index in [4.69, 9.17) is 9.73 Å². The van der Waals surface area contributed by atoms with Gasteiger partial charge in [-0.3, -0.25) is 4.99 Å². The molecule has 5 rings (SSSR count). The van der Waals surface area contributed by atoms with E-state index in [1.165, 1.54) is 62.0 Å². The number of thioether (sulfide) groups is 2. The van der Waals surface area contributed by atoms with Gasteiger partial charge in [0.25, 0.3) is 0 Å². The van der Waals surface area contributed by atoms with E-state index in [-0.39, 0.29) is 9.80 Å². The lowest BCUT2D eigenvalue weighted by atomic mass is 9.96. The van der Waals surface area contributed by atoms with Crippen LogP contribution in [0.2, 0.25) is 0 Å². The summed E-state index contributed by atoms with van der Waals surface area (Å²) >= 11 is 4.05. The molecule has 1 aromatic carbocycles. The molecule has 23 heavy (non-hydrogen) atoms. The van der Waals surface area contributed by atoms with Gasteiger partial charge in [-0.25, -0.2) is 0 Å².